The van der Waals surface area contributed by atoms with Gasteiger partial charge in [-0.05, 0) is 66.5 Å². The van der Waals surface area contributed by atoms with E-state index in [1.165, 1.54) is 19.1 Å². The molecule has 2 aliphatic rings. The number of carbonyl (C=O) groups excluding carboxylic acids is 2. The Hall–Kier alpha value is -1.95. The molecule has 2 saturated carbocycles. The van der Waals surface area contributed by atoms with Crippen LogP contribution >= 0.6 is 0 Å². The molecule has 1 aromatic rings. The fourth-order valence-corrected chi connectivity index (χ4v) is 5.91. The van der Waals surface area contributed by atoms with Crippen molar-refractivity contribution in [2.24, 2.45) is 29.1 Å². The zero-order valence-electron chi connectivity index (χ0n) is 18.5. The van der Waals surface area contributed by atoms with Gasteiger partial charge in [0.25, 0.3) is 0 Å². The summed E-state index contributed by atoms with van der Waals surface area (Å²) in [7, 11) is 0. The van der Waals surface area contributed by atoms with Crippen LogP contribution in [0.3, 0.4) is 0 Å². The lowest BCUT2D eigenvalue weighted by Crippen LogP contribution is -2.58. The largest absolute Gasteiger partial charge is 0.392 e. The molecule has 0 heterocycles. The number of aliphatic hydroxyl groups excluding tert-OH is 1. The second kappa shape index (κ2) is 9.04. The standard InChI is InChI=1S/C24H35FN2O3/c1-14(23(30)26-13-17-5-7-18(25)8-6-17)19-9-11-24(4)12-10-20(27-16(3)28)15(2)21(24)22(19)29/h5-8,14-15,19-22,29H,9-13H2,1-4H3,(H,26,30)(H,27,28)/t14-,15+,19?,20-,21+,22-,24-/m0/s1. The molecule has 3 rings (SSSR count). The van der Waals surface area contributed by atoms with Crippen LogP contribution in [0.1, 0.15) is 58.9 Å². The second-order valence-electron chi connectivity index (χ2n) is 9.71. The van der Waals surface area contributed by atoms with E-state index in [0.29, 0.717) is 6.54 Å². The lowest BCUT2D eigenvalue weighted by atomic mass is 9.51. The van der Waals surface area contributed by atoms with Crippen LogP contribution in [-0.2, 0) is 16.1 Å². The van der Waals surface area contributed by atoms with Gasteiger partial charge in [-0.2, -0.15) is 0 Å². The van der Waals surface area contributed by atoms with Gasteiger partial charge in [0, 0.05) is 25.4 Å². The monoisotopic (exact) mass is 418 g/mol. The lowest BCUT2D eigenvalue weighted by Gasteiger charge is -2.56. The molecule has 3 N–H and O–H groups in total. The third-order valence-corrected chi connectivity index (χ3v) is 7.71. The van der Waals surface area contributed by atoms with Crippen LogP contribution in [0.15, 0.2) is 24.3 Å². The maximum absolute atomic E-state index is 13.1. The summed E-state index contributed by atoms with van der Waals surface area (Å²) in [4.78, 5) is 24.4. The van der Waals surface area contributed by atoms with Gasteiger partial charge in [0.2, 0.25) is 11.8 Å². The predicted molar refractivity (Wildman–Crippen MR) is 114 cm³/mol. The predicted octanol–water partition coefficient (Wildman–Crippen LogP) is 3.41. The van der Waals surface area contributed by atoms with E-state index in [4.69, 9.17) is 0 Å². The molecule has 2 aliphatic carbocycles. The zero-order valence-corrected chi connectivity index (χ0v) is 18.5. The van der Waals surface area contributed by atoms with Crippen LogP contribution in [0.2, 0.25) is 0 Å². The number of benzene rings is 1. The highest BCUT2D eigenvalue weighted by Gasteiger charge is 2.53. The number of nitrogens with one attached hydrogen (secondary N) is 2. The minimum atomic E-state index is -0.582. The van der Waals surface area contributed by atoms with Gasteiger partial charge in [0.05, 0.1) is 6.10 Å². The molecule has 166 valence electrons. The number of carbonyl (C=O) groups is 2. The molecule has 5 nitrogen and oxygen atoms in total. The van der Waals surface area contributed by atoms with Gasteiger partial charge in [0.1, 0.15) is 5.82 Å². The number of halogens is 1. The minimum absolute atomic E-state index is 0.0363. The summed E-state index contributed by atoms with van der Waals surface area (Å²) in [5.74, 6) is -0.659. The third kappa shape index (κ3) is 4.69. The molecule has 7 atom stereocenters. The normalized spacial score (nSPS) is 34.5. The first-order valence-corrected chi connectivity index (χ1v) is 11.1. The van der Waals surface area contributed by atoms with Crippen molar-refractivity contribution in [2.45, 2.75) is 72.1 Å². The maximum Gasteiger partial charge on any atom is 0.223 e. The zero-order chi connectivity index (χ0) is 22.1. The Morgan fingerprint density at radius 3 is 2.50 bits per heavy atom. The van der Waals surface area contributed by atoms with Crippen molar-refractivity contribution in [1.82, 2.24) is 10.6 Å². The van der Waals surface area contributed by atoms with E-state index in [0.717, 1.165) is 31.2 Å². The van der Waals surface area contributed by atoms with Gasteiger partial charge in [-0.25, -0.2) is 4.39 Å². The fourth-order valence-electron chi connectivity index (χ4n) is 5.91. The number of hydrogen-bond donors (Lipinski definition) is 3. The first-order valence-electron chi connectivity index (χ1n) is 11.1. The van der Waals surface area contributed by atoms with Crippen LogP contribution < -0.4 is 10.6 Å². The first kappa shape index (κ1) is 22.7. The molecule has 6 heteroatoms. The highest BCUT2D eigenvalue weighted by molar-refractivity contribution is 5.78. The lowest BCUT2D eigenvalue weighted by molar-refractivity contribution is -0.143. The van der Waals surface area contributed by atoms with Crippen molar-refractivity contribution < 1.29 is 19.1 Å². The average molecular weight is 419 g/mol. The Morgan fingerprint density at radius 1 is 1.23 bits per heavy atom. The summed E-state index contributed by atoms with van der Waals surface area (Å²) < 4.78 is 13.1. The Labute approximate surface area is 178 Å². The molecule has 1 unspecified atom stereocenters. The summed E-state index contributed by atoms with van der Waals surface area (Å²) in [6.45, 7) is 8.13. The van der Waals surface area contributed by atoms with Crippen molar-refractivity contribution in [3.8, 4) is 0 Å². The Bertz CT molecular complexity index is 768. The molecule has 0 spiro atoms. The van der Waals surface area contributed by atoms with Crippen molar-refractivity contribution in [3.63, 3.8) is 0 Å². The van der Waals surface area contributed by atoms with Crippen LogP contribution in [-0.4, -0.2) is 29.1 Å². The maximum atomic E-state index is 13.1. The van der Waals surface area contributed by atoms with Crippen molar-refractivity contribution in [3.05, 3.63) is 35.6 Å². The number of rotatable bonds is 5. The first-order chi connectivity index (χ1) is 14.1. The molecule has 0 aromatic heterocycles. The Balaban J connectivity index is 1.66. The molecule has 2 fully saturated rings. The van der Waals surface area contributed by atoms with Crippen LogP contribution in [0.25, 0.3) is 0 Å². The van der Waals surface area contributed by atoms with Gasteiger partial charge in [0.15, 0.2) is 0 Å². The topological polar surface area (TPSA) is 78.4 Å². The summed E-state index contributed by atoms with van der Waals surface area (Å²) in [6, 6.07) is 6.15. The van der Waals surface area contributed by atoms with Crippen molar-refractivity contribution in [2.75, 3.05) is 0 Å². The summed E-state index contributed by atoms with van der Waals surface area (Å²) in [5, 5.41) is 17.3. The number of fused-ring (bicyclic) bond motifs is 1. The molecule has 30 heavy (non-hydrogen) atoms. The Kier molecular flexibility index (Phi) is 6.85. The minimum Gasteiger partial charge on any atom is -0.392 e. The number of aliphatic hydroxyl groups is 1. The molecule has 0 bridgehead atoms. The average Bonchev–Trinajstić information content (AvgIpc) is 2.69. The third-order valence-electron chi connectivity index (χ3n) is 7.71. The van der Waals surface area contributed by atoms with E-state index in [1.54, 1.807) is 12.1 Å². The second-order valence-corrected chi connectivity index (χ2v) is 9.71. The molecule has 0 aliphatic heterocycles. The SMILES string of the molecule is CC(=O)N[C@H]1CC[C@]2(C)CCC([C@H](C)C(=O)NCc3ccc(F)cc3)[C@H](O)[C@H]2[C@@H]1C. The molecule has 2 amide bonds. The summed E-state index contributed by atoms with van der Waals surface area (Å²) in [5.41, 5.74) is 0.877. The molecular formula is C24H35FN2O3. The van der Waals surface area contributed by atoms with E-state index in [2.05, 4.69) is 24.5 Å². The highest BCUT2D eigenvalue weighted by Crippen LogP contribution is 2.55. The van der Waals surface area contributed by atoms with E-state index < -0.39 is 6.10 Å². The summed E-state index contributed by atoms with van der Waals surface area (Å²) >= 11 is 0. The Morgan fingerprint density at radius 2 is 1.87 bits per heavy atom. The van der Waals surface area contributed by atoms with Gasteiger partial charge in [-0.3, -0.25) is 9.59 Å². The quantitative estimate of drug-likeness (QED) is 0.686. The van der Waals surface area contributed by atoms with Crippen LogP contribution in [0.4, 0.5) is 4.39 Å². The van der Waals surface area contributed by atoms with Gasteiger partial charge in [-0.15, -0.1) is 0 Å². The summed E-state index contributed by atoms with van der Waals surface area (Å²) in [6.07, 6.45) is 3.12. The molecule has 0 saturated heterocycles. The van der Waals surface area contributed by atoms with E-state index in [9.17, 15) is 19.1 Å². The van der Waals surface area contributed by atoms with Crippen LogP contribution in [0, 0.1) is 34.9 Å². The van der Waals surface area contributed by atoms with E-state index in [1.807, 2.05) is 6.92 Å². The van der Waals surface area contributed by atoms with Crippen molar-refractivity contribution in [1.29, 1.82) is 0 Å². The highest BCUT2D eigenvalue weighted by atomic mass is 19.1. The van der Waals surface area contributed by atoms with Gasteiger partial charge >= 0.3 is 0 Å². The molecule has 0 radical (unpaired) electrons. The van der Waals surface area contributed by atoms with Gasteiger partial charge in [-0.1, -0.05) is 32.9 Å². The van der Waals surface area contributed by atoms with E-state index in [-0.39, 0.29) is 52.8 Å². The van der Waals surface area contributed by atoms with Gasteiger partial charge < -0.3 is 15.7 Å². The van der Waals surface area contributed by atoms with Crippen LogP contribution in [0.5, 0.6) is 0 Å². The molecular weight excluding hydrogens is 383 g/mol. The van der Waals surface area contributed by atoms with Crippen molar-refractivity contribution >= 4 is 11.8 Å². The smallest absolute Gasteiger partial charge is 0.223 e. The number of hydrogen-bond acceptors (Lipinski definition) is 3. The molecule has 1 aromatic carbocycles. The fraction of sp³-hybridized carbons (Fsp3) is 0.667. The van der Waals surface area contributed by atoms with E-state index >= 15 is 0 Å². The number of amides is 2.